The van der Waals surface area contributed by atoms with Gasteiger partial charge in [-0.05, 0) is 31.6 Å². The van der Waals surface area contributed by atoms with Crippen molar-refractivity contribution in [3.8, 4) is 0 Å². The van der Waals surface area contributed by atoms with Crippen LogP contribution in [0.5, 0.6) is 0 Å². The summed E-state index contributed by atoms with van der Waals surface area (Å²) in [6, 6.07) is 4.16. The van der Waals surface area contributed by atoms with Crippen molar-refractivity contribution in [3.63, 3.8) is 0 Å². The molecule has 2 unspecified atom stereocenters. The highest BCUT2D eigenvalue weighted by Crippen LogP contribution is 2.35. The second-order valence-corrected chi connectivity index (χ2v) is 3.91. The van der Waals surface area contributed by atoms with Gasteiger partial charge in [0, 0.05) is 24.4 Å². The van der Waals surface area contributed by atoms with Crippen molar-refractivity contribution in [2.24, 2.45) is 5.92 Å². The Hall–Kier alpha value is -0.960. The van der Waals surface area contributed by atoms with Gasteiger partial charge in [0.15, 0.2) is 0 Å². The molecule has 0 aromatic carbocycles. The zero-order chi connectivity index (χ0) is 9.97. The summed E-state index contributed by atoms with van der Waals surface area (Å²) in [4.78, 5) is 6.29. The van der Waals surface area contributed by atoms with Gasteiger partial charge < -0.3 is 0 Å². The minimum atomic E-state index is -0.232. The zero-order valence-corrected chi connectivity index (χ0v) is 8.36. The van der Waals surface area contributed by atoms with E-state index in [1.165, 1.54) is 0 Å². The Morgan fingerprint density at radius 3 is 3.14 bits per heavy atom. The molecule has 0 bridgehead atoms. The molecule has 0 aliphatic carbocycles. The molecule has 14 heavy (non-hydrogen) atoms. The molecule has 0 radical (unpaired) electrons. The molecule has 2 nitrogen and oxygen atoms in total. The second kappa shape index (κ2) is 4.05. The number of likely N-dealkylation sites (tertiary alicyclic amines) is 1. The molecule has 1 aliphatic rings. The highest BCUT2D eigenvalue weighted by molar-refractivity contribution is 5.16. The molecule has 2 atom stereocenters. The van der Waals surface area contributed by atoms with Gasteiger partial charge in [0.1, 0.15) is 0 Å². The Labute approximate surface area is 83.8 Å². The third-order valence-electron chi connectivity index (χ3n) is 3.00. The summed E-state index contributed by atoms with van der Waals surface area (Å²) in [6.45, 7) is 0.748. The Kier molecular flexibility index (Phi) is 2.77. The fourth-order valence-electron chi connectivity index (χ4n) is 2.27. The van der Waals surface area contributed by atoms with Crippen LogP contribution in [0.25, 0.3) is 0 Å². The smallest absolute Gasteiger partial charge is 0.0941 e. The van der Waals surface area contributed by atoms with Gasteiger partial charge in [-0.15, -0.1) is 0 Å². The molecule has 1 aromatic heterocycles. The maximum atomic E-state index is 12.8. The van der Waals surface area contributed by atoms with Crippen molar-refractivity contribution in [2.75, 3.05) is 20.3 Å². The van der Waals surface area contributed by atoms with Crippen LogP contribution in [-0.4, -0.2) is 30.2 Å². The highest BCUT2D eigenvalue weighted by Gasteiger charge is 2.32. The van der Waals surface area contributed by atoms with Crippen LogP contribution in [-0.2, 0) is 0 Å². The molecule has 1 saturated heterocycles. The number of alkyl halides is 1. The van der Waals surface area contributed by atoms with Crippen molar-refractivity contribution in [3.05, 3.63) is 30.1 Å². The molecular formula is C11H15FN2. The number of halogens is 1. The van der Waals surface area contributed by atoms with Crippen molar-refractivity contribution < 1.29 is 4.39 Å². The van der Waals surface area contributed by atoms with E-state index in [1.807, 2.05) is 25.4 Å². The standard InChI is InChI=1S/C11H15FN2/c1-14-6-4-9(7-12)11(14)10-3-2-5-13-8-10/h2-3,5,8-9,11H,4,6-7H2,1H3. The van der Waals surface area contributed by atoms with Crippen LogP contribution in [0, 0.1) is 5.92 Å². The molecule has 2 rings (SSSR count). The van der Waals surface area contributed by atoms with Gasteiger partial charge in [-0.2, -0.15) is 0 Å². The van der Waals surface area contributed by atoms with Crippen LogP contribution in [0.2, 0.25) is 0 Å². The maximum Gasteiger partial charge on any atom is 0.0941 e. The molecule has 3 heteroatoms. The minimum Gasteiger partial charge on any atom is -0.299 e. The summed E-state index contributed by atoms with van der Waals surface area (Å²) in [6.07, 6.45) is 4.55. The van der Waals surface area contributed by atoms with Crippen LogP contribution in [0.15, 0.2) is 24.5 Å². The van der Waals surface area contributed by atoms with Crippen LogP contribution >= 0.6 is 0 Å². The van der Waals surface area contributed by atoms with E-state index in [0.717, 1.165) is 18.5 Å². The van der Waals surface area contributed by atoms with Crippen molar-refractivity contribution in [2.45, 2.75) is 12.5 Å². The van der Waals surface area contributed by atoms with E-state index in [2.05, 4.69) is 9.88 Å². The minimum absolute atomic E-state index is 0.143. The van der Waals surface area contributed by atoms with Gasteiger partial charge >= 0.3 is 0 Å². The van der Waals surface area contributed by atoms with E-state index in [4.69, 9.17) is 0 Å². The van der Waals surface area contributed by atoms with Crippen molar-refractivity contribution in [1.29, 1.82) is 0 Å². The van der Waals surface area contributed by atoms with Crippen LogP contribution in [0.4, 0.5) is 4.39 Å². The summed E-state index contributed by atoms with van der Waals surface area (Å²) >= 11 is 0. The Morgan fingerprint density at radius 2 is 2.50 bits per heavy atom. The van der Waals surface area contributed by atoms with E-state index in [-0.39, 0.29) is 18.6 Å². The molecular weight excluding hydrogens is 179 g/mol. The lowest BCUT2D eigenvalue weighted by Gasteiger charge is -2.23. The average Bonchev–Trinajstić information content (AvgIpc) is 2.61. The number of hydrogen-bond acceptors (Lipinski definition) is 2. The van der Waals surface area contributed by atoms with Crippen molar-refractivity contribution >= 4 is 0 Å². The molecule has 2 heterocycles. The zero-order valence-electron chi connectivity index (χ0n) is 8.36. The summed E-state index contributed by atoms with van der Waals surface area (Å²) in [7, 11) is 2.05. The van der Waals surface area contributed by atoms with Gasteiger partial charge in [-0.25, -0.2) is 0 Å². The topological polar surface area (TPSA) is 16.1 Å². The van der Waals surface area contributed by atoms with E-state index in [0.29, 0.717) is 0 Å². The third kappa shape index (κ3) is 1.64. The highest BCUT2D eigenvalue weighted by atomic mass is 19.1. The van der Waals surface area contributed by atoms with Gasteiger partial charge in [-0.1, -0.05) is 6.07 Å². The lowest BCUT2D eigenvalue weighted by molar-refractivity contribution is 0.245. The van der Waals surface area contributed by atoms with Crippen LogP contribution < -0.4 is 0 Å². The normalized spacial score (nSPS) is 28.1. The van der Waals surface area contributed by atoms with Gasteiger partial charge in [0.25, 0.3) is 0 Å². The SMILES string of the molecule is CN1CCC(CF)C1c1cccnc1. The number of aromatic nitrogens is 1. The van der Waals surface area contributed by atoms with E-state index in [1.54, 1.807) is 6.20 Å². The quantitative estimate of drug-likeness (QED) is 0.716. The van der Waals surface area contributed by atoms with E-state index < -0.39 is 0 Å². The Balaban J connectivity index is 2.23. The molecule has 0 saturated carbocycles. The molecule has 0 N–H and O–H groups in total. The number of nitrogens with zero attached hydrogens (tertiary/aromatic N) is 2. The first-order valence-electron chi connectivity index (χ1n) is 4.99. The molecule has 1 aliphatic heterocycles. The number of pyridine rings is 1. The lowest BCUT2D eigenvalue weighted by atomic mass is 9.96. The monoisotopic (exact) mass is 194 g/mol. The Morgan fingerprint density at radius 1 is 1.64 bits per heavy atom. The Bertz CT molecular complexity index is 289. The summed E-state index contributed by atoms with van der Waals surface area (Å²) in [5.41, 5.74) is 1.13. The van der Waals surface area contributed by atoms with E-state index in [9.17, 15) is 4.39 Å². The third-order valence-corrected chi connectivity index (χ3v) is 3.00. The average molecular weight is 194 g/mol. The van der Waals surface area contributed by atoms with Crippen LogP contribution in [0.3, 0.4) is 0 Å². The van der Waals surface area contributed by atoms with E-state index >= 15 is 0 Å². The first kappa shape index (κ1) is 9.59. The summed E-state index contributed by atoms with van der Waals surface area (Å²) < 4.78 is 12.8. The lowest BCUT2D eigenvalue weighted by Crippen LogP contribution is -2.22. The maximum absolute atomic E-state index is 12.8. The molecule has 76 valence electrons. The summed E-state index contributed by atoms with van der Waals surface area (Å²) in [5, 5.41) is 0. The number of hydrogen-bond donors (Lipinski definition) is 0. The first-order chi connectivity index (χ1) is 6.83. The molecule has 0 amide bonds. The molecule has 1 aromatic rings. The van der Waals surface area contributed by atoms with Gasteiger partial charge in [0.05, 0.1) is 6.67 Å². The largest absolute Gasteiger partial charge is 0.299 e. The van der Waals surface area contributed by atoms with Crippen molar-refractivity contribution in [1.82, 2.24) is 9.88 Å². The number of rotatable bonds is 2. The van der Waals surface area contributed by atoms with Gasteiger partial charge in [-0.3, -0.25) is 14.3 Å². The molecule has 1 fully saturated rings. The van der Waals surface area contributed by atoms with Gasteiger partial charge in [0.2, 0.25) is 0 Å². The predicted octanol–water partition coefficient (Wildman–Crippen LogP) is 2.04. The predicted molar refractivity (Wildman–Crippen MR) is 53.7 cm³/mol. The fraction of sp³-hybridized carbons (Fsp3) is 0.545. The second-order valence-electron chi connectivity index (χ2n) is 3.91. The van der Waals surface area contributed by atoms with Crippen LogP contribution in [0.1, 0.15) is 18.0 Å². The first-order valence-corrected chi connectivity index (χ1v) is 4.99. The molecule has 0 spiro atoms. The summed E-state index contributed by atoms with van der Waals surface area (Å²) in [5.74, 6) is 0.143. The fourth-order valence-corrected chi connectivity index (χ4v) is 2.27.